The van der Waals surface area contributed by atoms with Gasteiger partial charge in [0.15, 0.2) is 0 Å². The van der Waals surface area contributed by atoms with Crippen molar-refractivity contribution in [1.29, 1.82) is 0 Å². The van der Waals surface area contributed by atoms with Crippen LogP contribution in [0.4, 0.5) is 0 Å². The molecule has 1 fully saturated rings. The van der Waals surface area contributed by atoms with E-state index >= 15 is 0 Å². The molecule has 0 spiro atoms. The average molecular weight is 279 g/mol. The number of ether oxygens (including phenoxy) is 1. The van der Waals surface area contributed by atoms with Crippen molar-refractivity contribution in [2.24, 2.45) is 0 Å². The maximum atomic E-state index is 11.6. The van der Waals surface area contributed by atoms with E-state index in [9.17, 15) is 4.79 Å². The first kappa shape index (κ1) is 17.7. The first-order valence-corrected chi connectivity index (χ1v) is 6.77. The predicted molar refractivity (Wildman–Crippen MR) is 76.2 cm³/mol. The molecule has 1 amide bonds. The zero-order valence-corrected chi connectivity index (χ0v) is 12.5. The maximum Gasteiger partial charge on any atom is 0.220 e. The van der Waals surface area contributed by atoms with Gasteiger partial charge in [-0.05, 0) is 39.7 Å². The van der Waals surface area contributed by atoms with Crippen molar-refractivity contribution in [3.63, 3.8) is 0 Å². The molecule has 1 saturated heterocycles. The molecular weight excluding hydrogens is 252 g/mol. The molecule has 0 aromatic carbocycles. The second-order valence-corrected chi connectivity index (χ2v) is 4.95. The number of halogens is 1. The summed E-state index contributed by atoms with van der Waals surface area (Å²) in [6.07, 6.45) is 4.33. The highest BCUT2D eigenvalue weighted by atomic mass is 35.5. The number of nitrogens with one attached hydrogen (secondary N) is 2. The Morgan fingerprint density at radius 1 is 1.44 bits per heavy atom. The number of amides is 1. The Morgan fingerprint density at radius 3 is 2.72 bits per heavy atom. The van der Waals surface area contributed by atoms with Gasteiger partial charge < -0.3 is 15.4 Å². The summed E-state index contributed by atoms with van der Waals surface area (Å²) in [5.74, 6) is 0.137. The number of hydrogen-bond donors (Lipinski definition) is 2. The standard InChI is InChI=1S/C13H26N2O2.ClH/c1-4-14-10(2)9-15-13(16)8-7-12-6-5-11(3)17-12;/h10-12,14H,4-9H2,1-3H3,(H,15,16);1H/t10-,11?,12?;/m1./s1. The van der Waals surface area contributed by atoms with Gasteiger partial charge in [0, 0.05) is 19.0 Å². The zero-order chi connectivity index (χ0) is 12.7. The Hall–Kier alpha value is -0.320. The van der Waals surface area contributed by atoms with E-state index in [2.05, 4.69) is 31.4 Å². The van der Waals surface area contributed by atoms with E-state index in [-0.39, 0.29) is 18.3 Å². The molecule has 108 valence electrons. The van der Waals surface area contributed by atoms with Crippen LogP contribution in [0.1, 0.15) is 46.5 Å². The van der Waals surface area contributed by atoms with Crippen LogP contribution in [-0.2, 0) is 9.53 Å². The quantitative estimate of drug-likeness (QED) is 0.748. The lowest BCUT2D eigenvalue weighted by Crippen LogP contribution is -2.38. The normalized spacial score (nSPS) is 24.4. The highest BCUT2D eigenvalue weighted by molar-refractivity contribution is 5.85. The highest BCUT2D eigenvalue weighted by Crippen LogP contribution is 2.22. The van der Waals surface area contributed by atoms with Crippen LogP contribution >= 0.6 is 12.4 Å². The van der Waals surface area contributed by atoms with Gasteiger partial charge >= 0.3 is 0 Å². The average Bonchev–Trinajstić information content (AvgIpc) is 2.70. The van der Waals surface area contributed by atoms with Gasteiger partial charge in [0.25, 0.3) is 0 Å². The lowest BCUT2D eigenvalue weighted by molar-refractivity contribution is -0.121. The van der Waals surface area contributed by atoms with Crippen LogP contribution < -0.4 is 10.6 Å². The third-order valence-corrected chi connectivity index (χ3v) is 3.17. The highest BCUT2D eigenvalue weighted by Gasteiger charge is 2.22. The van der Waals surface area contributed by atoms with Crippen LogP contribution in [-0.4, -0.2) is 37.2 Å². The van der Waals surface area contributed by atoms with Gasteiger partial charge in [-0.1, -0.05) is 6.92 Å². The first-order valence-electron chi connectivity index (χ1n) is 6.77. The van der Waals surface area contributed by atoms with Gasteiger partial charge in [-0.3, -0.25) is 4.79 Å². The van der Waals surface area contributed by atoms with Crippen LogP contribution in [0.3, 0.4) is 0 Å². The monoisotopic (exact) mass is 278 g/mol. The van der Waals surface area contributed by atoms with Crippen molar-refractivity contribution >= 4 is 18.3 Å². The Balaban J connectivity index is 0.00000289. The summed E-state index contributed by atoms with van der Waals surface area (Å²) in [4.78, 5) is 11.6. The SMILES string of the molecule is CCN[C@H](C)CNC(=O)CCC1CCC(C)O1.Cl. The molecule has 2 unspecified atom stereocenters. The molecule has 5 heteroatoms. The maximum absolute atomic E-state index is 11.6. The van der Waals surface area contributed by atoms with Crippen LogP contribution in [0.25, 0.3) is 0 Å². The van der Waals surface area contributed by atoms with Gasteiger partial charge in [-0.25, -0.2) is 0 Å². The van der Waals surface area contributed by atoms with E-state index in [1.807, 2.05) is 0 Å². The Bertz CT molecular complexity index is 239. The molecule has 0 aromatic rings. The molecule has 1 heterocycles. The molecule has 2 N–H and O–H groups in total. The van der Waals surface area contributed by atoms with E-state index in [1.54, 1.807) is 0 Å². The fourth-order valence-electron chi connectivity index (χ4n) is 2.17. The molecule has 0 bridgehead atoms. The van der Waals surface area contributed by atoms with E-state index < -0.39 is 0 Å². The summed E-state index contributed by atoms with van der Waals surface area (Å²) < 4.78 is 5.68. The molecule has 1 aliphatic heterocycles. The Labute approximate surface area is 117 Å². The first-order chi connectivity index (χ1) is 8.11. The summed E-state index contributed by atoms with van der Waals surface area (Å²) in [5.41, 5.74) is 0. The molecule has 0 saturated carbocycles. The molecule has 18 heavy (non-hydrogen) atoms. The number of hydrogen-bond acceptors (Lipinski definition) is 3. The van der Waals surface area contributed by atoms with E-state index in [4.69, 9.17) is 4.74 Å². The summed E-state index contributed by atoms with van der Waals surface area (Å²) in [5, 5.41) is 6.21. The lowest BCUT2D eigenvalue weighted by Gasteiger charge is -2.14. The Morgan fingerprint density at radius 2 is 2.17 bits per heavy atom. The van der Waals surface area contributed by atoms with Crippen LogP contribution in [0.15, 0.2) is 0 Å². The fraction of sp³-hybridized carbons (Fsp3) is 0.923. The van der Waals surface area contributed by atoms with Crippen molar-refractivity contribution in [2.75, 3.05) is 13.1 Å². The smallest absolute Gasteiger partial charge is 0.220 e. The van der Waals surface area contributed by atoms with Crippen molar-refractivity contribution in [3.8, 4) is 0 Å². The molecule has 1 rings (SSSR count). The van der Waals surface area contributed by atoms with E-state index in [0.29, 0.717) is 31.2 Å². The molecule has 0 aliphatic carbocycles. The van der Waals surface area contributed by atoms with Gasteiger partial charge in [-0.2, -0.15) is 0 Å². The Kier molecular flexibility index (Phi) is 9.42. The third kappa shape index (κ3) is 7.19. The number of likely N-dealkylation sites (N-methyl/N-ethyl adjacent to an activating group) is 1. The van der Waals surface area contributed by atoms with Gasteiger partial charge in [0.05, 0.1) is 12.2 Å². The minimum atomic E-state index is 0. The minimum Gasteiger partial charge on any atom is -0.375 e. The van der Waals surface area contributed by atoms with E-state index in [0.717, 1.165) is 25.8 Å². The van der Waals surface area contributed by atoms with Crippen molar-refractivity contribution in [3.05, 3.63) is 0 Å². The van der Waals surface area contributed by atoms with Crippen molar-refractivity contribution in [2.45, 2.75) is 64.7 Å². The summed E-state index contributed by atoms with van der Waals surface area (Å²) >= 11 is 0. The molecule has 3 atom stereocenters. The van der Waals surface area contributed by atoms with Gasteiger partial charge in [0.2, 0.25) is 5.91 Å². The second kappa shape index (κ2) is 9.59. The van der Waals surface area contributed by atoms with Gasteiger partial charge in [-0.15, -0.1) is 12.4 Å². The van der Waals surface area contributed by atoms with Crippen LogP contribution in [0.2, 0.25) is 0 Å². The number of carbonyl (C=O) groups is 1. The summed E-state index contributed by atoms with van der Waals surface area (Å²) in [7, 11) is 0. The molecule has 4 nitrogen and oxygen atoms in total. The van der Waals surface area contributed by atoms with Gasteiger partial charge in [0.1, 0.15) is 0 Å². The predicted octanol–water partition coefficient (Wildman–Crippen LogP) is 1.87. The third-order valence-electron chi connectivity index (χ3n) is 3.17. The summed E-state index contributed by atoms with van der Waals surface area (Å²) in [6.45, 7) is 7.88. The fourth-order valence-corrected chi connectivity index (χ4v) is 2.17. The van der Waals surface area contributed by atoms with E-state index in [1.165, 1.54) is 0 Å². The molecule has 0 aromatic heterocycles. The van der Waals surface area contributed by atoms with Crippen molar-refractivity contribution < 1.29 is 9.53 Å². The number of carbonyl (C=O) groups excluding carboxylic acids is 1. The second-order valence-electron chi connectivity index (χ2n) is 4.95. The largest absolute Gasteiger partial charge is 0.375 e. The number of rotatable bonds is 7. The summed E-state index contributed by atoms with van der Waals surface area (Å²) in [6, 6.07) is 0.340. The molecule has 1 aliphatic rings. The molecule has 0 radical (unpaired) electrons. The van der Waals surface area contributed by atoms with Crippen LogP contribution in [0, 0.1) is 0 Å². The zero-order valence-electron chi connectivity index (χ0n) is 11.7. The van der Waals surface area contributed by atoms with Crippen molar-refractivity contribution in [1.82, 2.24) is 10.6 Å². The van der Waals surface area contributed by atoms with Crippen LogP contribution in [0.5, 0.6) is 0 Å². The lowest BCUT2D eigenvalue weighted by atomic mass is 10.1. The topological polar surface area (TPSA) is 50.4 Å². The minimum absolute atomic E-state index is 0. The molecular formula is C13H27ClN2O2.